The van der Waals surface area contributed by atoms with Gasteiger partial charge >= 0.3 is 0 Å². The monoisotopic (exact) mass is 377 g/mol. The molecule has 0 aliphatic heterocycles. The first-order valence-electron chi connectivity index (χ1n) is 7.71. The average Bonchev–Trinajstić information content (AvgIpc) is 2.62. The predicted octanol–water partition coefficient (Wildman–Crippen LogP) is 3.36. The zero-order chi connectivity index (χ0) is 17.9. The van der Waals surface area contributed by atoms with E-state index in [9.17, 15) is 0 Å². The summed E-state index contributed by atoms with van der Waals surface area (Å²) in [5.74, 6) is 0.740. The fourth-order valence-electron chi connectivity index (χ4n) is 1.93. The molecule has 25 heavy (non-hydrogen) atoms. The van der Waals surface area contributed by atoms with Gasteiger partial charge in [-0.15, -0.1) is 0 Å². The van der Waals surface area contributed by atoms with Crippen molar-refractivity contribution in [3.8, 4) is 5.75 Å². The van der Waals surface area contributed by atoms with Crippen molar-refractivity contribution in [3.63, 3.8) is 0 Å². The van der Waals surface area contributed by atoms with Gasteiger partial charge in [-0.3, -0.25) is 5.43 Å². The van der Waals surface area contributed by atoms with Gasteiger partial charge in [0, 0.05) is 24.2 Å². The predicted molar refractivity (Wildman–Crippen MR) is 105 cm³/mol. The number of hydrazone groups is 1. The average molecular weight is 378 g/mol. The number of rotatable bonds is 8. The van der Waals surface area contributed by atoms with Crippen molar-refractivity contribution < 1.29 is 9.47 Å². The van der Waals surface area contributed by atoms with Crippen molar-refractivity contribution >= 4 is 35.1 Å². The second-order valence-electron chi connectivity index (χ2n) is 5.07. The summed E-state index contributed by atoms with van der Waals surface area (Å²) in [6, 6.07) is 15.2. The normalized spacial score (nSPS) is 10.6. The Bertz CT molecular complexity index is 725. The van der Waals surface area contributed by atoms with Gasteiger partial charge < -0.3 is 14.8 Å². The van der Waals surface area contributed by atoms with Crippen LogP contribution < -0.4 is 15.5 Å². The van der Waals surface area contributed by atoms with E-state index in [1.807, 2.05) is 48.5 Å². The molecular formula is C18H20ClN3O2S. The third-order valence-corrected chi connectivity index (χ3v) is 3.79. The number of halogens is 1. The Morgan fingerprint density at radius 1 is 1.24 bits per heavy atom. The fourth-order valence-corrected chi connectivity index (χ4v) is 2.28. The first kappa shape index (κ1) is 19.2. The Morgan fingerprint density at radius 2 is 2.08 bits per heavy atom. The summed E-state index contributed by atoms with van der Waals surface area (Å²) in [5.41, 5.74) is 4.59. The highest BCUT2D eigenvalue weighted by Gasteiger charge is 2.01. The molecule has 0 aliphatic rings. The molecule has 0 bridgehead atoms. The minimum Gasteiger partial charge on any atom is -0.489 e. The Hall–Kier alpha value is -2.15. The van der Waals surface area contributed by atoms with E-state index in [4.69, 9.17) is 33.3 Å². The molecule has 0 saturated heterocycles. The van der Waals surface area contributed by atoms with E-state index in [0.29, 0.717) is 29.9 Å². The molecular weight excluding hydrogens is 358 g/mol. The summed E-state index contributed by atoms with van der Waals surface area (Å²) in [4.78, 5) is 0. The lowest BCUT2D eigenvalue weighted by atomic mass is 10.2. The smallest absolute Gasteiger partial charge is 0.187 e. The van der Waals surface area contributed by atoms with Gasteiger partial charge in [-0.1, -0.05) is 41.9 Å². The number of thiocarbonyl (C=S) groups is 1. The molecule has 2 rings (SSSR count). The van der Waals surface area contributed by atoms with E-state index < -0.39 is 0 Å². The quantitative estimate of drug-likeness (QED) is 0.320. The van der Waals surface area contributed by atoms with Gasteiger partial charge in [-0.25, -0.2) is 0 Å². The van der Waals surface area contributed by atoms with Crippen LogP contribution in [0.15, 0.2) is 53.6 Å². The SMILES string of the molecule is COCCNC(=S)N/N=C\c1cccc(OCc2ccccc2Cl)c1. The Kier molecular flexibility index (Phi) is 8.18. The van der Waals surface area contributed by atoms with Crippen LogP contribution in [0.3, 0.4) is 0 Å². The number of hydrogen-bond acceptors (Lipinski definition) is 4. The zero-order valence-electron chi connectivity index (χ0n) is 13.9. The van der Waals surface area contributed by atoms with Gasteiger partial charge in [-0.2, -0.15) is 5.10 Å². The van der Waals surface area contributed by atoms with Crippen LogP contribution in [0.4, 0.5) is 0 Å². The van der Waals surface area contributed by atoms with E-state index in [1.54, 1.807) is 13.3 Å². The zero-order valence-corrected chi connectivity index (χ0v) is 15.4. The molecule has 0 unspecified atom stereocenters. The maximum absolute atomic E-state index is 6.13. The van der Waals surface area contributed by atoms with Gasteiger partial charge in [0.1, 0.15) is 12.4 Å². The summed E-state index contributed by atoms with van der Waals surface area (Å²) in [7, 11) is 1.64. The van der Waals surface area contributed by atoms with Gasteiger partial charge in [0.05, 0.1) is 12.8 Å². The molecule has 2 aromatic carbocycles. The van der Waals surface area contributed by atoms with Crippen LogP contribution in [0, 0.1) is 0 Å². The lowest BCUT2D eigenvalue weighted by molar-refractivity contribution is 0.204. The first-order chi connectivity index (χ1) is 12.2. The number of nitrogens with one attached hydrogen (secondary N) is 2. The molecule has 2 N–H and O–H groups in total. The molecule has 0 aromatic heterocycles. The second kappa shape index (κ2) is 10.7. The Morgan fingerprint density at radius 3 is 2.88 bits per heavy atom. The molecule has 5 nitrogen and oxygen atoms in total. The van der Waals surface area contributed by atoms with Crippen molar-refractivity contribution in [2.75, 3.05) is 20.3 Å². The molecule has 2 aromatic rings. The number of methoxy groups -OCH3 is 1. The molecule has 0 saturated carbocycles. The summed E-state index contributed by atoms with van der Waals surface area (Å²) < 4.78 is 10.7. The van der Waals surface area contributed by atoms with E-state index in [-0.39, 0.29) is 0 Å². The number of nitrogens with zero attached hydrogens (tertiary/aromatic N) is 1. The van der Waals surface area contributed by atoms with Gasteiger partial charge in [-0.05, 0) is 36.0 Å². The number of benzene rings is 2. The van der Waals surface area contributed by atoms with Crippen molar-refractivity contribution in [2.45, 2.75) is 6.61 Å². The highest BCUT2D eigenvalue weighted by Crippen LogP contribution is 2.19. The van der Waals surface area contributed by atoms with Crippen LogP contribution in [0.25, 0.3) is 0 Å². The maximum Gasteiger partial charge on any atom is 0.187 e. The minimum atomic E-state index is 0.409. The van der Waals surface area contributed by atoms with Crippen molar-refractivity contribution in [3.05, 3.63) is 64.7 Å². The highest BCUT2D eigenvalue weighted by molar-refractivity contribution is 7.80. The molecule has 7 heteroatoms. The van der Waals surface area contributed by atoms with Crippen molar-refractivity contribution in [1.29, 1.82) is 0 Å². The molecule has 0 amide bonds. The molecule has 0 heterocycles. The molecule has 0 atom stereocenters. The summed E-state index contributed by atoms with van der Waals surface area (Å²) in [5, 5.41) is 8.20. The lowest BCUT2D eigenvalue weighted by Crippen LogP contribution is -2.34. The topological polar surface area (TPSA) is 54.9 Å². The number of ether oxygens (including phenoxy) is 2. The van der Waals surface area contributed by atoms with Crippen LogP contribution in [0.2, 0.25) is 5.02 Å². The highest BCUT2D eigenvalue weighted by atomic mass is 35.5. The standard InChI is InChI=1S/C18H20ClN3O2S/c1-23-10-9-20-18(25)22-21-12-14-5-4-7-16(11-14)24-13-15-6-2-3-8-17(15)19/h2-8,11-12H,9-10,13H2,1H3,(H2,20,22,25)/b21-12-. The summed E-state index contributed by atoms with van der Waals surface area (Å²) in [6.07, 6.45) is 1.67. The van der Waals surface area contributed by atoms with Crippen molar-refractivity contribution in [1.82, 2.24) is 10.7 Å². The molecule has 0 spiro atoms. The van der Waals surface area contributed by atoms with Gasteiger partial charge in [0.25, 0.3) is 0 Å². The van der Waals surface area contributed by atoms with Gasteiger partial charge in [0.2, 0.25) is 0 Å². The summed E-state index contributed by atoms with van der Waals surface area (Å²) in [6.45, 7) is 1.62. The summed E-state index contributed by atoms with van der Waals surface area (Å²) >= 11 is 11.2. The largest absolute Gasteiger partial charge is 0.489 e. The van der Waals surface area contributed by atoms with Crippen LogP contribution in [0.5, 0.6) is 5.75 Å². The second-order valence-corrected chi connectivity index (χ2v) is 5.89. The van der Waals surface area contributed by atoms with Crippen LogP contribution >= 0.6 is 23.8 Å². The van der Waals surface area contributed by atoms with E-state index >= 15 is 0 Å². The Balaban J connectivity index is 1.85. The van der Waals surface area contributed by atoms with Gasteiger partial charge in [0.15, 0.2) is 5.11 Å². The molecule has 0 radical (unpaired) electrons. The van der Waals surface area contributed by atoms with Crippen molar-refractivity contribution in [2.24, 2.45) is 5.10 Å². The lowest BCUT2D eigenvalue weighted by Gasteiger charge is -2.08. The molecule has 0 fully saturated rings. The third-order valence-electron chi connectivity index (χ3n) is 3.18. The van der Waals surface area contributed by atoms with E-state index in [1.165, 1.54) is 0 Å². The molecule has 0 aliphatic carbocycles. The van der Waals surface area contributed by atoms with Crippen LogP contribution in [0.1, 0.15) is 11.1 Å². The number of hydrogen-bond donors (Lipinski definition) is 2. The Labute approximate surface area is 158 Å². The maximum atomic E-state index is 6.13. The fraction of sp³-hybridized carbons (Fsp3) is 0.222. The first-order valence-corrected chi connectivity index (χ1v) is 8.50. The van der Waals surface area contributed by atoms with E-state index in [0.717, 1.165) is 16.9 Å². The van der Waals surface area contributed by atoms with Crippen LogP contribution in [-0.2, 0) is 11.3 Å². The minimum absolute atomic E-state index is 0.409. The molecule has 132 valence electrons. The third kappa shape index (κ3) is 7.09. The van der Waals surface area contributed by atoms with Crippen LogP contribution in [-0.4, -0.2) is 31.6 Å². The van der Waals surface area contributed by atoms with E-state index in [2.05, 4.69) is 15.8 Å².